The first-order valence-electron chi connectivity index (χ1n) is 9.33. The zero-order valence-electron chi connectivity index (χ0n) is 16.5. The lowest BCUT2D eigenvalue weighted by molar-refractivity contribution is 0.0987. The second kappa shape index (κ2) is 8.29. The van der Waals surface area contributed by atoms with Crippen LogP contribution in [0.5, 0.6) is 0 Å². The van der Waals surface area contributed by atoms with Crippen LogP contribution in [0.3, 0.4) is 0 Å². The Bertz CT molecular complexity index is 1310. The fourth-order valence-corrected chi connectivity index (χ4v) is 5.58. The molecule has 2 heterocycles. The molecule has 0 aliphatic carbocycles. The molecule has 4 rings (SSSR count). The first-order chi connectivity index (χ1) is 14.3. The van der Waals surface area contributed by atoms with Crippen molar-refractivity contribution in [1.82, 2.24) is 4.98 Å². The van der Waals surface area contributed by atoms with Crippen molar-refractivity contribution in [3.63, 3.8) is 0 Å². The van der Waals surface area contributed by atoms with Gasteiger partial charge in [-0.15, -0.1) is 11.3 Å². The van der Waals surface area contributed by atoms with Crippen molar-refractivity contribution >= 4 is 53.8 Å². The first-order valence-corrected chi connectivity index (χ1v) is 12.9. The van der Waals surface area contributed by atoms with Gasteiger partial charge in [0.05, 0.1) is 15.1 Å². The van der Waals surface area contributed by atoms with Crippen LogP contribution in [-0.2, 0) is 16.3 Å². The van der Waals surface area contributed by atoms with Gasteiger partial charge in [-0.1, -0.05) is 35.1 Å². The Balaban J connectivity index is 1.73. The monoisotopic (exact) mass is 456 g/mol. The highest BCUT2D eigenvalue weighted by Crippen LogP contribution is 2.32. The zero-order valence-corrected chi connectivity index (χ0v) is 19.0. The van der Waals surface area contributed by atoms with Gasteiger partial charge in [0.25, 0.3) is 5.91 Å². The molecule has 0 N–H and O–H groups in total. The largest absolute Gasteiger partial charge is 0.284 e. The Labute approximate surface area is 183 Å². The fourth-order valence-electron chi connectivity index (χ4n) is 3.13. The fraction of sp³-hybridized carbons (Fsp3) is 0.182. The number of carbonyl (C=O) groups excluding carboxylic acids is 1. The van der Waals surface area contributed by atoms with Gasteiger partial charge in [0.15, 0.2) is 15.0 Å². The molecule has 0 aliphatic heterocycles. The number of nitrogens with zero attached hydrogens (tertiary/aromatic N) is 2. The summed E-state index contributed by atoms with van der Waals surface area (Å²) in [5.41, 5.74) is 2.30. The quantitative estimate of drug-likeness (QED) is 0.411. The van der Waals surface area contributed by atoms with E-state index in [0.717, 1.165) is 16.7 Å². The molecule has 0 bridgehead atoms. The molecule has 0 atom stereocenters. The van der Waals surface area contributed by atoms with Crippen LogP contribution in [0.2, 0.25) is 0 Å². The van der Waals surface area contributed by atoms with Crippen LogP contribution in [0.1, 0.15) is 20.8 Å². The third-order valence-corrected chi connectivity index (χ3v) is 7.77. The third-order valence-electron chi connectivity index (χ3n) is 4.68. The molecule has 2 aromatic carbocycles. The summed E-state index contributed by atoms with van der Waals surface area (Å²) in [4.78, 5) is 21.1. The molecule has 1 amide bonds. The first kappa shape index (κ1) is 20.7. The molecule has 30 heavy (non-hydrogen) atoms. The third kappa shape index (κ3) is 4.45. The average molecular weight is 457 g/mol. The van der Waals surface area contributed by atoms with E-state index in [9.17, 15) is 13.2 Å². The summed E-state index contributed by atoms with van der Waals surface area (Å²) >= 11 is 2.99. The number of thiazole rings is 1. The minimum Gasteiger partial charge on any atom is -0.284 e. The van der Waals surface area contributed by atoms with E-state index in [-0.39, 0.29) is 10.8 Å². The summed E-state index contributed by atoms with van der Waals surface area (Å²) < 4.78 is 24.5. The lowest BCUT2D eigenvalue weighted by atomic mass is 10.1. The summed E-state index contributed by atoms with van der Waals surface area (Å²) in [6.07, 6.45) is 1.91. The topological polar surface area (TPSA) is 67.3 Å². The lowest BCUT2D eigenvalue weighted by Crippen LogP contribution is -2.32. The predicted octanol–water partition coefficient (Wildman–Crippen LogP) is 4.96. The van der Waals surface area contributed by atoms with Crippen LogP contribution in [-0.4, -0.2) is 32.1 Å². The number of anilines is 1. The Morgan fingerprint density at radius 1 is 1.10 bits per heavy atom. The summed E-state index contributed by atoms with van der Waals surface area (Å²) in [6.45, 7) is 2.45. The maximum Gasteiger partial charge on any atom is 0.260 e. The molecule has 0 saturated carbocycles. The van der Waals surface area contributed by atoms with Gasteiger partial charge in [-0.05, 0) is 55.1 Å². The van der Waals surface area contributed by atoms with E-state index in [1.807, 2.05) is 42.6 Å². The van der Waals surface area contributed by atoms with Crippen LogP contribution < -0.4 is 4.90 Å². The summed E-state index contributed by atoms with van der Waals surface area (Å²) in [6, 6.07) is 16.4. The molecule has 0 saturated heterocycles. The van der Waals surface area contributed by atoms with Gasteiger partial charge < -0.3 is 0 Å². The highest BCUT2D eigenvalue weighted by molar-refractivity contribution is 7.90. The second-order valence-electron chi connectivity index (χ2n) is 7.05. The predicted molar refractivity (Wildman–Crippen MR) is 124 cm³/mol. The number of carbonyl (C=O) groups is 1. The number of fused-ring (bicyclic) bond motifs is 1. The molecule has 8 heteroatoms. The van der Waals surface area contributed by atoms with Crippen LogP contribution in [0.25, 0.3) is 10.2 Å². The van der Waals surface area contributed by atoms with Crippen molar-refractivity contribution in [2.75, 3.05) is 17.7 Å². The highest BCUT2D eigenvalue weighted by atomic mass is 32.2. The van der Waals surface area contributed by atoms with E-state index in [2.05, 4.69) is 11.1 Å². The molecular weight excluding hydrogens is 436 g/mol. The molecule has 5 nitrogen and oxygen atoms in total. The van der Waals surface area contributed by atoms with Gasteiger partial charge in [0, 0.05) is 23.2 Å². The van der Waals surface area contributed by atoms with E-state index in [1.54, 1.807) is 34.4 Å². The molecular formula is C22H20N2O3S3. The number of thiophene rings is 1. The van der Waals surface area contributed by atoms with Crippen molar-refractivity contribution in [2.45, 2.75) is 18.2 Å². The minimum absolute atomic E-state index is 0.113. The Morgan fingerprint density at radius 3 is 2.63 bits per heavy atom. The number of aromatic nitrogens is 1. The summed E-state index contributed by atoms with van der Waals surface area (Å²) in [5.74, 6) is -0.113. The van der Waals surface area contributed by atoms with E-state index in [4.69, 9.17) is 0 Å². The van der Waals surface area contributed by atoms with Crippen molar-refractivity contribution in [1.29, 1.82) is 0 Å². The van der Waals surface area contributed by atoms with Crippen molar-refractivity contribution in [2.24, 2.45) is 0 Å². The van der Waals surface area contributed by atoms with Gasteiger partial charge in [0.1, 0.15) is 0 Å². The number of hydrogen-bond donors (Lipinski definition) is 0. The van der Waals surface area contributed by atoms with E-state index < -0.39 is 9.84 Å². The van der Waals surface area contributed by atoms with Crippen LogP contribution >= 0.6 is 22.7 Å². The number of aryl methyl sites for hydroxylation is 1. The van der Waals surface area contributed by atoms with Gasteiger partial charge in [-0.3, -0.25) is 9.69 Å². The Morgan fingerprint density at radius 2 is 1.93 bits per heavy atom. The van der Waals surface area contributed by atoms with Gasteiger partial charge in [-0.25, -0.2) is 13.4 Å². The van der Waals surface area contributed by atoms with Crippen LogP contribution in [0, 0.1) is 6.92 Å². The van der Waals surface area contributed by atoms with Crippen LogP contribution in [0.4, 0.5) is 5.13 Å². The molecule has 0 aliphatic rings. The normalized spacial score (nSPS) is 11.7. The number of benzene rings is 2. The van der Waals surface area contributed by atoms with Gasteiger partial charge in [-0.2, -0.15) is 0 Å². The average Bonchev–Trinajstić information content (AvgIpc) is 3.36. The summed E-state index contributed by atoms with van der Waals surface area (Å²) in [7, 11) is -3.31. The zero-order chi connectivity index (χ0) is 21.3. The maximum absolute atomic E-state index is 13.4. The van der Waals surface area contributed by atoms with Crippen LogP contribution in [0.15, 0.2) is 64.9 Å². The van der Waals surface area contributed by atoms with Crippen molar-refractivity contribution < 1.29 is 13.2 Å². The lowest BCUT2D eigenvalue weighted by Gasteiger charge is -2.20. The number of hydrogen-bond acceptors (Lipinski definition) is 6. The maximum atomic E-state index is 13.4. The second-order valence-corrected chi connectivity index (χ2v) is 11.1. The summed E-state index contributed by atoms with van der Waals surface area (Å²) in [5, 5.41) is 2.59. The Hall–Kier alpha value is -2.55. The van der Waals surface area contributed by atoms with Gasteiger partial charge in [0.2, 0.25) is 0 Å². The number of rotatable bonds is 6. The van der Waals surface area contributed by atoms with E-state index >= 15 is 0 Å². The van der Waals surface area contributed by atoms with E-state index in [1.165, 1.54) is 22.5 Å². The van der Waals surface area contributed by atoms with Gasteiger partial charge >= 0.3 is 0 Å². The van der Waals surface area contributed by atoms with E-state index in [0.29, 0.717) is 22.8 Å². The Kier molecular flexibility index (Phi) is 5.73. The smallest absolute Gasteiger partial charge is 0.260 e. The standard InChI is InChI=1S/C22H20N2O3S3/c1-15-5-3-6-16(13-15)21(25)24(11-10-17-7-4-12-28-17)22-23-19-9-8-18(30(2,26)27)14-20(19)29-22/h3-9,12-14H,10-11H2,1-2H3. The SMILES string of the molecule is Cc1cccc(C(=O)N(CCc2cccs2)c2nc3ccc(S(C)(=O)=O)cc3s2)c1. The molecule has 4 aromatic rings. The minimum atomic E-state index is -3.31. The number of amides is 1. The highest BCUT2D eigenvalue weighted by Gasteiger charge is 2.22. The molecule has 0 spiro atoms. The molecule has 2 aromatic heterocycles. The molecule has 0 radical (unpaired) electrons. The van der Waals surface area contributed by atoms with Crippen molar-refractivity contribution in [3.05, 3.63) is 76.0 Å². The molecule has 0 unspecified atom stereocenters. The molecule has 0 fully saturated rings. The van der Waals surface area contributed by atoms with Crippen molar-refractivity contribution in [3.8, 4) is 0 Å². The molecule has 154 valence electrons. The number of sulfone groups is 1.